The van der Waals surface area contributed by atoms with E-state index in [0.29, 0.717) is 12.0 Å². The van der Waals surface area contributed by atoms with Crippen LogP contribution in [0.2, 0.25) is 0 Å². The number of rotatable bonds is 5. The fourth-order valence-corrected chi connectivity index (χ4v) is 1.32. The van der Waals surface area contributed by atoms with Crippen molar-refractivity contribution < 1.29 is 9.18 Å². The van der Waals surface area contributed by atoms with Crippen LogP contribution in [0.15, 0.2) is 24.3 Å². The molecule has 0 saturated carbocycles. The SMILES string of the molecule is CCCCC(=O)Cc1ccccc1F. The van der Waals surface area contributed by atoms with E-state index in [-0.39, 0.29) is 18.0 Å². The van der Waals surface area contributed by atoms with Gasteiger partial charge in [0.05, 0.1) is 0 Å². The summed E-state index contributed by atoms with van der Waals surface area (Å²) < 4.78 is 13.1. The number of ketones is 1. The van der Waals surface area contributed by atoms with Crippen LogP contribution in [0.25, 0.3) is 0 Å². The van der Waals surface area contributed by atoms with E-state index in [1.807, 2.05) is 6.92 Å². The predicted octanol–water partition coefficient (Wildman–Crippen LogP) is 3.13. The van der Waals surface area contributed by atoms with Crippen molar-refractivity contribution in [3.05, 3.63) is 35.6 Å². The van der Waals surface area contributed by atoms with Crippen molar-refractivity contribution >= 4 is 5.78 Å². The van der Waals surface area contributed by atoms with Gasteiger partial charge in [0.25, 0.3) is 0 Å². The van der Waals surface area contributed by atoms with E-state index >= 15 is 0 Å². The van der Waals surface area contributed by atoms with Gasteiger partial charge in [0.1, 0.15) is 11.6 Å². The minimum absolute atomic E-state index is 0.122. The van der Waals surface area contributed by atoms with E-state index in [2.05, 4.69) is 0 Å². The molecule has 0 aliphatic rings. The summed E-state index contributed by atoms with van der Waals surface area (Å²) in [6.07, 6.45) is 2.69. The molecule has 0 spiro atoms. The highest BCUT2D eigenvalue weighted by Gasteiger charge is 2.06. The van der Waals surface area contributed by atoms with E-state index in [1.54, 1.807) is 18.2 Å². The molecule has 0 radical (unpaired) electrons. The second-order valence-electron chi connectivity index (χ2n) is 3.41. The lowest BCUT2D eigenvalue weighted by Gasteiger charge is -2.01. The number of unbranched alkanes of at least 4 members (excludes halogenated alkanes) is 1. The second-order valence-corrected chi connectivity index (χ2v) is 3.41. The van der Waals surface area contributed by atoms with Crippen molar-refractivity contribution in [1.29, 1.82) is 0 Å². The van der Waals surface area contributed by atoms with Gasteiger partial charge in [0.2, 0.25) is 0 Å². The molecule has 14 heavy (non-hydrogen) atoms. The van der Waals surface area contributed by atoms with Crippen LogP contribution in [-0.2, 0) is 11.2 Å². The smallest absolute Gasteiger partial charge is 0.137 e. The van der Waals surface area contributed by atoms with E-state index in [4.69, 9.17) is 0 Å². The van der Waals surface area contributed by atoms with Gasteiger partial charge in [-0.15, -0.1) is 0 Å². The predicted molar refractivity (Wildman–Crippen MR) is 54.6 cm³/mol. The molecule has 2 heteroatoms. The maximum absolute atomic E-state index is 13.1. The van der Waals surface area contributed by atoms with Crippen molar-refractivity contribution in [2.24, 2.45) is 0 Å². The number of halogens is 1. The van der Waals surface area contributed by atoms with Gasteiger partial charge in [0.15, 0.2) is 0 Å². The van der Waals surface area contributed by atoms with Gasteiger partial charge in [-0.2, -0.15) is 0 Å². The average Bonchev–Trinajstić information content (AvgIpc) is 2.18. The summed E-state index contributed by atoms with van der Waals surface area (Å²) in [5, 5.41) is 0. The Kier molecular flexibility index (Phi) is 4.30. The van der Waals surface area contributed by atoms with E-state index in [0.717, 1.165) is 12.8 Å². The van der Waals surface area contributed by atoms with Crippen LogP contribution in [0, 0.1) is 5.82 Å². The largest absolute Gasteiger partial charge is 0.299 e. The molecule has 0 atom stereocenters. The number of Topliss-reactive ketones (excluding diaryl/α,β-unsaturated/α-hetero) is 1. The molecular formula is C12H15FO. The van der Waals surface area contributed by atoms with Gasteiger partial charge in [-0.1, -0.05) is 31.5 Å². The Morgan fingerprint density at radius 3 is 2.71 bits per heavy atom. The molecule has 0 aromatic heterocycles. The zero-order valence-electron chi connectivity index (χ0n) is 8.42. The van der Waals surface area contributed by atoms with Crippen LogP contribution >= 0.6 is 0 Å². The monoisotopic (exact) mass is 194 g/mol. The van der Waals surface area contributed by atoms with Gasteiger partial charge in [0, 0.05) is 12.8 Å². The Bertz CT molecular complexity index is 307. The Labute approximate surface area is 83.9 Å². The number of hydrogen-bond acceptors (Lipinski definition) is 1. The Morgan fingerprint density at radius 2 is 2.07 bits per heavy atom. The van der Waals surface area contributed by atoms with Gasteiger partial charge >= 0.3 is 0 Å². The lowest BCUT2D eigenvalue weighted by atomic mass is 10.0. The number of benzene rings is 1. The lowest BCUT2D eigenvalue weighted by Crippen LogP contribution is -2.03. The number of hydrogen-bond donors (Lipinski definition) is 0. The maximum atomic E-state index is 13.1. The third-order valence-corrected chi connectivity index (χ3v) is 2.15. The summed E-state index contributed by atoms with van der Waals surface area (Å²) >= 11 is 0. The van der Waals surface area contributed by atoms with Crippen LogP contribution in [0.4, 0.5) is 4.39 Å². The van der Waals surface area contributed by atoms with Crippen molar-refractivity contribution in [2.45, 2.75) is 32.6 Å². The van der Waals surface area contributed by atoms with Crippen molar-refractivity contribution in [2.75, 3.05) is 0 Å². The number of carbonyl (C=O) groups excluding carboxylic acids is 1. The van der Waals surface area contributed by atoms with Gasteiger partial charge in [-0.05, 0) is 18.1 Å². The van der Waals surface area contributed by atoms with E-state index < -0.39 is 0 Å². The van der Waals surface area contributed by atoms with Crippen LogP contribution in [-0.4, -0.2) is 5.78 Å². The van der Waals surface area contributed by atoms with Crippen molar-refractivity contribution in [1.82, 2.24) is 0 Å². The van der Waals surface area contributed by atoms with Gasteiger partial charge < -0.3 is 0 Å². The highest BCUT2D eigenvalue weighted by atomic mass is 19.1. The highest BCUT2D eigenvalue weighted by molar-refractivity contribution is 5.80. The molecule has 76 valence electrons. The van der Waals surface area contributed by atoms with Crippen molar-refractivity contribution in [3.8, 4) is 0 Å². The molecule has 1 rings (SSSR count). The summed E-state index contributed by atoms with van der Waals surface area (Å²) in [7, 11) is 0. The third kappa shape index (κ3) is 3.29. The molecule has 0 amide bonds. The molecule has 0 saturated heterocycles. The van der Waals surface area contributed by atoms with E-state index in [1.165, 1.54) is 6.07 Å². The highest BCUT2D eigenvalue weighted by Crippen LogP contribution is 2.09. The van der Waals surface area contributed by atoms with Gasteiger partial charge in [-0.25, -0.2) is 4.39 Å². The molecule has 0 N–H and O–H groups in total. The van der Waals surface area contributed by atoms with Gasteiger partial charge in [-0.3, -0.25) is 4.79 Å². The van der Waals surface area contributed by atoms with Crippen LogP contribution in [0.5, 0.6) is 0 Å². The Hall–Kier alpha value is -1.18. The van der Waals surface area contributed by atoms with E-state index in [9.17, 15) is 9.18 Å². The fourth-order valence-electron chi connectivity index (χ4n) is 1.32. The summed E-state index contributed by atoms with van der Waals surface area (Å²) in [4.78, 5) is 11.4. The minimum Gasteiger partial charge on any atom is -0.299 e. The standard InChI is InChI=1S/C12H15FO/c1-2-3-7-11(14)9-10-6-4-5-8-12(10)13/h4-6,8H,2-3,7,9H2,1H3. The molecule has 0 fully saturated rings. The molecule has 1 nitrogen and oxygen atoms in total. The summed E-state index contributed by atoms with van der Waals surface area (Å²) in [5.41, 5.74) is 0.508. The summed E-state index contributed by atoms with van der Waals surface area (Å²) in [6, 6.07) is 6.45. The minimum atomic E-state index is -0.280. The summed E-state index contributed by atoms with van der Waals surface area (Å²) in [6.45, 7) is 2.04. The number of carbonyl (C=O) groups is 1. The normalized spacial score (nSPS) is 10.1. The quantitative estimate of drug-likeness (QED) is 0.703. The lowest BCUT2D eigenvalue weighted by molar-refractivity contribution is -0.118. The molecule has 0 aliphatic carbocycles. The first-order valence-corrected chi connectivity index (χ1v) is 4.99. The molecule has 0 heterocycles. The third-order valence-electron chi connectivity index (χ3n) is 2.15. The van der Waals surface area contributed by atoms with Crippen LogP contribution < -0.4 is 0 Å². The molecular weight excluding hydrogens is 179 g/mol. The first-order valence-electron chi connectivity index (χ1n) is 4.99. The van der Waals surface area contributed by atoms with Crippen molar-refractivity contribution in [3.63, 3.8) is 0 Å². The fraction of sp³-hybridized carbons (Fsp3) is 0.417. The average molecular weight is 194 g/mol. The Morgan fingerprint density at radius 1 is 1.36 bits per heavy atom. The maximum Gasteiger partial charge on any atom is 0.137 e. The first kappa shape index (κ1) is 10.9. The summed E-state index contributed by atoms with van der Waals surface area (Å²) in [5.74, 6) is -0.158. The zero-order chi connectivity index (χ0) is 10.4. The molecule has 1 aromatic rings. The molecule has 0 aliphatic heterocycles. The molecule has 1 aromatic carbocycles. The first-order chi connectivity index (χ1) is 6.74. The zero-order valence-corrected chi connectivity index (χ0v) is 8.42. The molecule has 0 unspecified atom stereocenters. The van der Waals surface area contributed by atoms with Crippen LogP contribution in [0.1, 0.15) is 31.7 Å². The Balaban J connectivity index is 2.52. The molecule has 0 bridgehead atoms. The second kappa shape index (κ2) is 5.53. The topological polar surface area (TPSA) is 17.1 Å². The van der Waals surface area contributed by atoms with Crippen LogP contribution in [0.3, 0.4) is 0 Å².